The third-order valence-electron chi connectivity index (χ3n) is 20.3. The normalized spacial score (nSPS) is 16.7. The zero-order valence-electron chi connectivity index (χ0n) is 54.4. The topological polar surface area (TPSA) is 9.72 Å². The van der Waals surface area contributed by atoms with Crippen molar-refractivity contribution in [3.8, 4) is 11.1 Å². The molecular formula is C81H88BN3. The van der Waals surface area contributed by atoms with E-state index in [1.54, 1.807) is 0 Å². The van der Waals surface area contributed by atoms with Crippen molar-refractivity contribution < 1.29 is 0 Å². The molecule has 0 fully saturated rings. The van der Waals surface area contributed by atoms with E-state index in [-0.39, 0.29) is 44.6 Å². The number of hydrogen-bond acceptors (Lipinski definition) is 3. The van der Waals surface area contributed by atoms with Crippen molar-refractivity contribution in [2.75, 3.05) is 14.7 Å². The van der Waals surface area contributed by atoms with E-state index in [2.05, 4.69) is 322 Å². The van der Waals surface area contributed by atoms with Gasteiger partial charge in [-0.25, -0.2) is 0 Å². The van der Waals surface area contributed by atoms with Crippen molar-refractivity contribution in [3.05, 3.63) is 237 Å². The molecule has 4 aliphatic rings. The van der Waals surface area contributed by atoms with E-state index in [4.69, 9.17) is 0 Å². The zero-order valence-corrected chi connectivity index (χ0v) is 54.4. The van der Waals surface area contributed by atoms with Gasteiger partial charge < -0.3 is 14.7 Å². The Labute approximate surface area is 510 Å². The number of fused-ring (bicyclic) bond motifs is 7. The van der Waals surface area contributed by atoms with Crippen molar-refractivity contribution in [1.82, 2.24) is 0 Å². The van der Waals surface area contributed by atoms with Crippen LogP contribution in [0.2, 0.25) is 0 Å². The molecule has 0 bridgehead atoms. The molecule has 0 aromatic heterocycles. The molecule has 0 radical (unpaired) electrons. The van der Waals surface area contributed by atoms with Crippen molar-refractivity contribution in [2.45, 2.75) is 176 Å². The van der Waals surface area contributed by atoms with Gasteiger partial charge >= 0.3 is 0 Å². The fraction of sp³-hybridized carbons (Fsp3) is 0.333. The maximum absolute atomic E-state index is 2.70. The van der Waals surface area contributed by atoms with Gasteiger partial charge in [0.2, 0.25) is 0 Å². The van der Waals surface area contributed by atoms with Crippen LogP contribution in [0.4, 0.5) is 51.2 Å². The molecule has 3 nitrogen and oxygen atoms in total. The first-order valence-corrected chi connectivity index (χ1v) is 31.4. The molecule has 0 spiro atoms. The second kappa shape index (κ2) is 19.0. The van der Waals surface area contributed by atoms with Gasteiger partial charge in [0.15, 0.2) is 0 Å². The van der Waals surface area contributed by atoms with E-state index in [0.29, 0.717) is 0 Å². The predicted molar refractivity (Wildman–Crippen MR) is 368 cm³/mol. The minimum Gasteiger partial charge on any atom is -0.311 e. The fourth-order valence-electron chi connectivity index (χ4n) is 15.8. The van der Waals surface area contributed by atoms with Gasteiger partial charge in [0.05, 0.1) is 5.69 Å². The molecule has 2 aliphatic carbocycles. The van der Waals surface area contributed by atoms with Crippen LogP contribution in [0.5, 0.6) is 0 Å². The van der Waals surface area contributed by atoms with Crippen LogP contribution in [0.1, 0.15) is 185 Å². The molecule has 0 atom stereocenters. The SMILES string of the molecule is Cc1cc2c3c(c1)N(c1ccc(C(C)(C)C)cc1-c1ccccc1)c1cc4c(cc1B3c1cc(N(c3ccc(C(C)(C)C)cc3)c3ccc(C(C)(C)C)cc3)ccc1N2c1cc2c(cc1C)C(C)(C)CC2(C)C)C(C)(C)c1ccccc1C4(C)C. The van der Waals surface area contributed by atoms with Crippen LogP contribution < -0.4 is 31.1 Å². The Morgan fingerprint density at radius 2 is 0.824 bits per heavy atom. The molecule has 2 aliphatic heterocycles. The highest BCUT2D eigenvalue weighted by atomic mass is 15.2. The largest absolute Gasteiger partial charge is 0.311 e. The first-order chi connectivity index (χ1) is 39.9. The number of nitrogens with zero attached hydrogens (tertiary/aromatic N) is 3. The van der Waals surface area contributed by atoms with Gasteiger partial charge in [-0.1, -0.05) is 215 Å². The lowest BCUT2D eigenvalue weighted by molar-refractivity contribution is 0.403. The quantitative estimate of drug-likeness (QED) is 0.154. The van der Waals surface area contributed by atoms with Crippen LogP contribution in [-0.2, 0) is 37.9 Å². The summed E-state index contributed by atoms with van der Waals surface area (Å²) in [6, 6.07) is 69.4. The summed E-state index contributed by atoms with van der Waals surface area (Å²) in [5.41, 5.74) is 31.7. The van der Waals surface area contributed by atoms with Crippen LogP contribution in [0.3, 0.4) is 0 Å². The molecule has 0 saturated carbocycles. The molecule has 85 heavy (non-hydrogen) atoms. The van der Waals surface area contributed by atoms with E-state index < -0.39 is 0 Å². The fourth-order valence-corrected chi connectivity index (χ4v) is 15.8. The van der Waals surface area contributed by atoms with Gasteiger partial charge in [-0.2, -0.15) is 0 Å². The molecule has 13 rings (SSSR count). The van der Waals surface area contributed by atoms with Crippen molar-refractivity contribution >= 4 is 74.3 Å². The summed E-state index contributed by atoms with van der Waals surface area (Å²) in [4.78, 5) is 7.89. The summed E-state index contributed by atoms with van der Waals surface area (Å²) in [5.74, 6) is 0. The standard InChI is InChI=1S/C81H88BN3/c1-50-41-72-74-73(42-50)85(70-47-63-62(43-51(70)2)78(12,13)49-79(63,14)15)69-40-38-58(83(56-34-29-53(30-35-56)75(3,4)5)57-36-31-54(32-37-57)76(6,7)8)45-66(69)82(74)67-46-64-65(81(18,19)61-28-24-23-27-60(61)80(64,16)17)48-71(67)84(72)68-39-33-55(77(9,10)11)44-59(68)52-25-21-20-22-26-52/h20-48H,49H2,1-19H3. The van der Waals surface area contributed by atoms with Gasteiger partial charge in [0.1, 0.15) is 0 Å². The highest BCUT2D eigenvalue weighted by Crippen LogP contribution is 2.56. The van der Waals surface area contributed by atoms with E-state index >= 15 is 0 Å². The van der Waals surface area contributed by atoms with Crippen molar-refractivity contribution in [3.63, 3.8) is 0 Å². The summed E-state index contributed by atoms with van der Waals surface area (Å²) in [5, 5.41) is 0. The number of anilines is 9. The molecule has 0 amide bonds. The van der Waals surface area contributed by atoms with Gasteiger partial charge in [-0.3, -0.25) is 0 Å². The molecule has 0 saturated heterocycles. The molecule has 0 unspecified atom stereocenters. The number of benzene rings is 9. The lowest BCUT2D eigenvalue weighted by Crippen LogP contribution is -2.62. The molecule has 4 heteroatoms. The third kappa shape index (κ3) is 8.96. The van der Waals surface area contributed by atoms with E-state index in [1.165, 1.54) is 123 Å². The van der Waals surface area contributed by atoms with Gasteiger partial charge in [0.25, 0.3) is 6.71 Å². The average Bonchev–Trinajstić information content (AvgIpc) is 1.02. The Bertz CT molecular complexity index is 4110. The number of aryl methyl sites for hydroxylation is 2. The van der Waals surface area contributed by atoms with E-state index in [1.807, 2.05) is 0 Å². The Balaban J connectivity index is 1.16. The maximum Gasteiger partial charge on any atom is 0.252 e. The van der Waals surface area contributed by atoms with E-state index in [0.717, 1.165) is 23.5 Å². The van der Waals surface area contributed by atoms with Crippen LogP contribution in [0, 0.1) is 13.8 Å². The lowest BCUT2D eigenvalue weighted by atomic mass is 9.33. The molecule has 2 heterocycles. The molecule has 9 aromatic carbocycles. The van der Waals surface area contributed by atoms with E-state index in [9.17, 15) is 0 Å². The summed E-state index contributed by atoms with van der Waals surface area (Å²) < 4.78 is 0. The molecular weight excluding hydrogens is 1030 g/mol. The van der Waals surface area contributed by atoms with Crippen LogP contribution >= 0.6 is 0 Å². The molecule has 0 N–H and O–H groups in total. The second-order valence-electron chi connectivity index (χ2n) is 31.2. The Morgan fingerprint density at radius 1 is 0.376 bits per heavy atom. The van der Waals surface area contributed by atoms with Gasteiger partial charge in [-0.15, -0.1) is 0 Å². The summed E-state index contributed by atoms with van der Waals surface area (Å²) in [6.07, 6.45) is 1.11. The number of rotatable bonds is 6. The van der Waals surface area contributed by atoms with Crippen molar-refractivity contribution in [1.29, 1.82) is 0 Å². The average molecular weight is 1110 g/mol. The first-order valence-electron chi connectivity index (χ1n) is 31.4. The zero-order chi connectivity index (χ0) is 60.5. The second-order valence-corrected chi connectivity index (χ2v) is 31.2. The molecule has 9 aromatic rings. The minimum absolute atomic E-state index is 0.00495. The lowest BCUT2D eigenvalue weighted by Gasteiger charge is -2.48. The van der Waals surface area contributed by atoms with Gasteiger partial charge in [0, 0.05) is 61.9 Å². The predicted octanol–water partition coefficient (Wildman–Crippen LogP) is 20.3. The summed E-state index contributed by atoms with van der Waals surface area (Å²) in [7, 11) is 0. The first kappa shape index (κ1) is 56.6. The number of hydrogen-bond donors (Lipinski definition) is 0. The Morgan fingerprint density at radius 3 is 1.36 bits per heavy atom. The van der Waals surface area contributed by atoms with Crippen LogP contribution in [-0.4, -0.2) is 6.71 Å². The Hall–Kier alpha value is -7.56. The Kier molecular flexibility index (Phi) is 12.6. The molecule has 430 valence electrons. The summed E-state index contributed by atoms with van der Waals surface area (Å²) in [6.45, 7) is 45.1. The van der Waals surface area contributed by atoms with Gasteiger partial charge in [-0.05, 0) is 209 Å². The van der Waals surface area contributed by atoms with Crippen LogP contribution in [0.25, 0.3) is 11.1 Å². The monoisotopic (exact) mass is 1110 g/mol. The summed E-state index contributed by atoms with van der Waals surface area (Å²) >= 11 is 0. The highest BCUT2D eigenvalue weighted by molar-refractivity contribution is 7.00. The maximum atomic E-state index is 2.70. The minimum atomic E-state index is -0.274. The van der Waals surface area contributed by atoms with Crippen LogP contribution in [0.15, 0.2) is 176 Å². The van der Waals surface area contributed by atoms with Crippen molar-refractivity contribution in [2.24, 2.45) is 0 Å². The smallest absolute Gasteiger partial charge is 0.252 e. The third-order valence-corrected chi connectivity index (χ3v) is 20.3. The highest BCUT2D eigenvalue weighted by Gasteiger charge is 2.50.